The van der Waals surface area contributed by atoms with Crippen LogP contribution in [0.3, 0.4) is 0 Å². The van der Waals surface area contributed by atoms with E-state index in [1.807, 2.05) is 30.3 Å². The van der Waals surface area contributed by atoms with Crippen LogP contribution in [0.15, 0.2) is 77.4 Å². The van der Waals surface area contributed by atoms with Crippen molar-refractivity contribution < 1.29 is 13.6 Å². The zero-order chi connectivity index (χ0) is 17.9. The molecule has 0 unspecified atom stereocenters. The highest BCUT2D eigenvalue weighted by Gasteiger charge is 2.10. The van der Waals surface area contributed by atoms with Crippen molar-refractivity contribution in [2.75, 3.05) is 5.32 Å². The number of aromatic nitrogens is 1. The zero-order valence-electron chi connectivity index (χ0n) is 13.8. The Kier molecular flexibility index (Phi) is 4.19. The van der Waals surface area contributed by atoms with Crippen molar-refractivity contribution in [3.8, 4) is 11.3 Å². The number of hydrogen-bond acceptors (Lipinski definition) is 3. The molecular formula is C21H15FN2O2. The molecule has 0 saturated carbocycles. The molecule has 4 nitrogen and oxygen atoms in total. The standard InChI is InChI=1S/C21H15FN2O2/c22-13-14-4-7-17(8-5-14)23-21(25)19-3-1-2-18(24-19)15-6-9-20-16(12-15)10-11-26-20/h1-12H,13H2,(H,23,25). The summed E-state index contributed by atoms with van der Waals surface area (Å²) in [5, 5.41) is 3.75. The number of fused-ring (bicyclic) bond motifs is 1. The molecule has 0 aliphatic rings. The summed E-state index contributed by atoms with van der Waals surface area (Å²) in [5.41, 5.74) is 3.88. The molecule has 0 spiro atoms. The second-order valence-electron chi connectivity index (χ2n) is 5.87. The Bertz CT molecular complexity index is 1070. The first-order valence-electron chi connectivity index (χ1n) is 8.14. The van der Waals surface area contributed by atoms with E-state index in [0.717, 1.165) is 16.5 Å². The topological polar surface area (TPSA) is 55.1 Å². The number of amides is 1. The Morgan fingerprint density at radius 2 is 1.88 bits per heavy atom. The molecular weight excluding hydrogens is 331 g/mol. The number of carbonyl (C=O) groups is 1. The molecule has 2 aromatic carbocycles. The molecule has 26 heavy (non-hydrogen) atoms. The van der Waals surface area contributed by atoms with Gasteiger partial charge in [0.1, 0.15) is 18.0 Å². The number of alkyl halides is 1. The fraction of sp³-hybridized carbons (Fsp3) is 0.0476. The molecule has 2 aromatic heterocycles. The predicted octanol–water partition coefficient (Wildman–Crippen LogP) is 5.22. The van der Waals surface area contributed by atoms with Crippen molar-refractivity contribution in [3.05, 3.63) is 84.3 Å². The third-order valence-electron chi connectivity index (χ3n) is 4.10. The fourth-order valence-corrected chi connectivity index (χ4v) is 2.72. The van der Waals surface area contributed by atoms with Crippen LogP contribution in [0, 0.1) is 0 Å². The average molecular weight is 346 g/mol. The first kappa shape index (κ1) is 16.0. The van der Waals surface area contributed by atoms with Crippen LogP contribution in [0.5, 0.6) is 0 Å². The van der Waals surface area contributed by atoms with Crippen molar-refractivity contribution in [1.82, 2.24) is 4.98 Å². The maximum Gasteiger partial charge on any atom is 0.274 e. The largest absolute Gasteiger partial charge is 0.464 e. The first-order valence-corrected chi connectivity index (χ1v) is 8.14. The summed E-state index contributed by atoms with van der Waals surface area (Å²) in [4.78, 5) is 16.9. The molecule has 4 rings (SSSR count). The lowest BCUT2D eigenvalue weighted by molar-refractivity contribution is 0.102. The highest BCUT2D eigenvalue weighted by atomic mass is 19.1. The third kappa shape index (κ3) is 3.19. The summed E-state index contributed by atoms with van der Waals surface area (Å²) < 4.78 is 17.9. The van der Waals surface area contributed by atoms with E-state index in [9.17, 15) is 9.18 Å². The van der Waals surface area contributed by atoms with Gasteiger partial charge in [-0.05, 0) is 54.1 Å². The van der Waals surface area contributed by atoms with Gasteiger partial charge in [-0.15, -0.1) is 0 Å². The Labute approximate surface area is 149 Å². The molecule has 0 fully saturated rings. The SMILES string of the molecule is O=C(Nc1ccc(CF)cc1)c1cccc(-c2ccc3occc3c2)n1. The Balaban J connectivity index is 1.58. The van der Waals surface area contributed by atoms with Gasteiger partial charge >= 0.3 is 0 Å². The van der Waals surface area contributed by atoms with Gasteiger partial charge in [0.25, 0.3) is 5.91 Å². The fourth-order valence-electron chi connectivity index (χ4n) is 2.72. The normalized spacial score (nSPS) is 10.8. The summed E-state index contributed by atoms with van der Waals surface area (Å²) in [5.74, 6) is -0.316. The molecule has 5 heteroatoms. The minimum Gasteiger partial charge on any atom is -0.464 e. The number of nitrogens with zero attached hydrogens (tertiary/aromatic N) is 1. The van der Waals surface area contributed by atoms with Crippen molar-refractivity contribution >= 4 is 22.6 Å². The lowest BCUT2D eigenvalue weighted by atomic mass is 10.1. The number of rotatable bonds is 4. The minimum atomic E-state index is -0.529. The molecule has 4 aromatic rings. The van der Waals surface area contributed by atoms with Crippen LogP contribution in [0.2, 0.25) is 0 Å². The first-order chi connectivity index (χ1) is 12.7. The van der Waals surface area contributed by atoms with E-state index in [-0.39, 0.29) is 5.91 Å². The van der Waals surface area contributed by atoms with Gasteiger partial charge < -0.3 is 9.73 Å². The van der Waals surface area contributed by atoms with E-state index in [4.69, 9.17) is 4.42 Å². The zero-order valence-corrected chi connectivity index (χ0v) is 13.8. The molecule has 0 radical (unpaired) electrons. The number of furan rings is 1. The van der Waals surface area contributed by atoms with E-state index >= 15 is 0 Å². The van der Waals surface area contributed by atoms with E-state index in [1.54, 1.807) is 42.7 Å². The van der Waals surface area contributed by atoms with Gasteiger partial charge in [0.15, 0.2) is 0 Å². The highest BCUT2D eigenvalue weighted by Crippen LogP contribution is 2.24. The number of halogens is 1. The monoisotopic (exact) mass is 346 g/mol. The molecule has 2 heterocycles. The number of hydrogen-bond donors (Lipinski definition) is 1. The summed E-state index contributed by atoms with van der Waals surface area (Å²) >= 11 is 0. The van der Waals surface area contributed by atoms with Crippen molar-refractivity contribution in [2.24, 2.45) is 0 Å². The molecule has 1 amide bonds. The van der Waals surface area contributed by atoms with Gasteiger partial charge in [-0.3, -0.25) is 4.79 Å². The van der Waals surface area contributed by atoms with Gasteiger partial charge in [0, 0.05) is 16.6 Å². The van der Waals surface area contributed by atoms with Crippen LogP contribution in [0.25, 0.3) is 22.2 Å². The summed E-state index contributed by atoms with van der Waals surface area (Å²) in [6.45, 7) is -0.529. The number of pyridine rings is 1. The van der Waals surface area contributed by atoms with Crippen LogP contribution < -0.4 is 5.32 Å². The number of benzene rings is 2. The second-order valence-corrected chi connectivity index (χ2v) is 5.87. The molecule has 0 aliphatic carbocycles. The Hall–Kier alpha value is -3.47. The van der Waals surface area contributed by atoms with Crippen LogP contribution in [-0.4, -0.2) is 10.9 Å². The third-order valence-corrected chi connectivity index (χ3v) is 4.10. The average Bonchev–Trinajstić information content (AvgIpc) is 3.16. The summed E-state index contributed by atoms with van der Waals surface area (Å²) in [7, 11) is 0. The van der Waals surface area contributed by atoms with Crippen LogP contribution in [0.1, 0.15) is 16.1 Å². The maximum atomic E-state index is 12.6. The van der Waals surface area contributed by atoms with E-state index in [1.165, 1.54) is 0 Å². The van der Waals surface area contributed by atoms with E-state index < -0.39 is 6.67 Å². The van der Waals surface area contributed by atoms with Crippen LogP contribution >= 0.6 is 0 Å². The van der Waals surface area contributed by atoms with Gasteiger partial charge in [0.05, 0.1) is 12.0 Å². The van der Waals surface area contributed by atoms with Crippen LogP contribution in [0.4, 0.5) is 10.1 Å². The molecule has 0 atom stereocenters. The van der Waals surface area contributed by atoms with E-state index in [0.29, 0.717) is 22.6 Å². The number of carbonyl (C=O) groups excluding carboxylic acids is 1. The number of anilines is 1. The lowest BCUT2D eigenvalue weighted by Gasteiger charge is -2.07. The van der Waals surface area contributed by atoms with Gasteiger partial charge in [0.2, 0.25) is 0 Å². The molecule has 0 aliphatic heterocycles. The van der Waals surface area contributed by atoms with Gasteiger partial charge in [-0.1, -0.05) is 18.2 Å². The number of nitrogens with one attached hydrogen (secondary N) is 1. The minimum absolute atomic E-state index is 0.310. The lowest BCUT2D eigenvalue weighted by Crippen LogP contribution is -2.13. The van der Waals surface area contributed by atoms with Crippen molar-refractivity contribution in [2.45, 2.75) is 6.67 Å². The van der Waals surface area contributed by atoms with Crippen molar-refractivity contribution in [1.29, 1.82) is 0 Å². The highest BCUT2D eigenvalue weighted by molar-refractivity contribution is 6.03. The van der Waals surface area contributed by atoms with Gasteiger partial charge in [-0.2, -0.15) is 0 Å². The Morgan fingerprint density at radius 3 is 2.69 bits per heavy atom. The summed E-state index contributed by atoms with van der Waals surface area (Å²) in [6, 6.07) is 19.6. The van der Waals surface area contributed by atoms with Crippen LogP contribution in [-0.2, 0) is 6.67 Å². The quantitative estimate of drug-likeness (QED) is 0.551. The molecule has 128 valence electrons. The Morgan fingerprint density at radius 1 is 1.04 bits per heavy atom. The molecule has 0 saturated heterocycles. The summed E-state index contributed by atoms with van der Waals surface area (Å²) in [6.07, 6.45) is 1.64. The molecule has 1 N–H and O–H groups in total. The van der Waals surface area contributed by atoms with Crippen molar-refractivity contribution in [3.63, 3.8) is 0 Å². The smallest absolute Gasteiger partial charge is 0.274 e. The van der Waals surface area contributed by atoms with Gasteiger partial charge in [-0.25, -0.2) is 9.37 Å². The second kappa shape index (κ2) is 6.80. The maximum absolute atomic E-state index is 12.6. The molecule has 0 bridgehead atoms. The van der Waals surface area contributed by atoms with E-state index in [2.05, 4.69) is 10.3 Å². The predicted molar refractivity (Wildman–Crippen MR) is 98.7 cm³/mol.